The summed E-state index contributed by atoms with van der Waals surface area (Å²) in [5, 5.41) is 3.99. The zero-order valence-electron chi connectivity index (χ0n) is 14.9. The van der Waals surface area contributed by atoms with Crippen LogP contribution in [0.25, 0.3) is 27.1 Å². The van der Waals surface area contributed by atoms with E-state index in [0.717, 1.165) is 6.92 Å². The molecule has 0 aliphatic rings. The number of nitrogens with zero attached hydrogens (tertiary/aromatic N) is 2. The van der Waals surface area contributed by atoms with Gasteiger partial charge < -0.3 is 14.0 Å². The van der Waals surface area contributed by atoms with Crippen molar-refractivity contribution in [2.24, 2.45) is 0 Å². The molecule has 0 fully saturated rings. The second kappa shape index (κ2) is 8.35. The summed E-state index contributed by atoms with van der Waals surface area (Å²) in [4.78, 5) is 10.9. The van der Waals surface area contributed by atoms with Gasteiger partial charge in [-0.3, -0.25) is 0 Å². The van der Waals surface area contributed by atoms with Crippen LogP contribution in [-0.2, 0) is 14.8 Å². The van der Waals surface area contributed by atoms with Gasteiger partial charge in [0, 0.05) is 5.56 Å². The molecule has 3 rings (SSSR count). The van der Waals surface area contributed by atoms with Crippen LogP contribution in [0.1, 0.15) is 12.7 Å². The summed E-state index contributed by atoms with van der Waals surface area (Å²) in [5.41, 5.74) is 2.26. The Labute approximate surface area is 178 Å². The molecule has 0 unspecified atom stereocenters. The van der Waals surface area contributed by atoms with E-state index in [1.165, 1.54) is 24.3 Å². The largest absolute Gasteiger partial charge is 1.00 e. The van der Waals surface area contributed by atoms with E-state index in [1.54, 1.807) is 31.2 Å². The summed E-state index contributed by atoms with van der Waals surface area (Å²) in [6, 6.07) is 11.7. The van der Waals surface area contributed by atoms with Gasteiger partial charge in [0.1, 0.15) is 27.3 Å². The van der Waals surface area contributed by atoms with Crippen molar-refractivity contribution in [3.05, 3.63) is 64.8 Å². The molecule has 9 heteroatoms. The number of aromatic nitrogens is 1. The van der Waals surface area contributed by atoms with E-state index in [1.807, 2.05) is 0 Å². The third-order valence-corrected chi connectivity index (χ3v) is 5.02. The molecule has 0 bridgehead atoms. The first-order valence-corrected chi connectivity index (χ1v) is 9.03. The first-order valence-electron chi connectivity index (χ1n) is 7.59. The molecule has 134 valence electrons. The number of halogens is 1. The third-order valence-electron chi connectivity index (χ3n) is 3.65. The Hall–Kier alpha value is -2.00. The number of rotatable bonds is 4. The number of carbonyl (C=O) groups excluding carboxylic acids is 1. The number of aryl methyl sites for hydroxylation is 1. The molecule has 1 heterocycles. The maximum Gasteiger partial charge on any atom is 1.00 e. The zero-order valence-corrected chi connectivity index (χ0v) is 17.7. The molecule has 1 aromatic heterocycles. The van der Waals surface area contributed by atoms with Crippen LogP contribution in [-0.4, -0.2) is 19.5 Å². The van der Waals surface area contributed by atoms with Crippen LogP contribution in [0, 0.1) is 12.7 Å². The second-order valence-corrected chi connectivity index (χ2v) is 7.19. The topological polar surface area (TPSA) is 91.3 Å². The number of sulfonamides is 1. The number of amides is 1. The number of benzene rings is 2. The maximum absolute atomic E-state index is 13.5. The Bertz CT molecular complexity index is 1080. The molecule has 27 heavy (non-hydrogen) atoms. The van der Waals surface area contributed by atoms with Crippen LogP contribution in [0.5, 0.6) is 0 Å². The molecular formula is C18H14FN2NaO4S. The van der Waals surface area contributed by atoms with Gasteiger partial charge in [0.15, 0.2) is 0 Å². The van der Waals surface area contributed by atoms with Crippen LogP contribution in [0.4, 0.5) is 4.39 Å². The summed E-state index contributed by atoms with van der Waals surface area (Å²) in [6.07, 6.45) is 0. The summed E-state index contributed by atoms with van der Waals surface area (Å²) in [5.74, 6) is -0.688. The SMILES string of the molecule is CC(=O)[N-]S(=O)(=O)c1ccc(-c2c(-c3cccc(F)c3)noc2C)cc1.[Na+]. The molecular weight excluding hydrogens is 382 g/mol. The normalized spacial score (nSPS) is 10.9. The number of hydrogen-bond donors (Lipinski definition) is 0. The summed E-state index contributed by atoms with van der Waals surface area (Å²) in [6.45, 7) is 2.78. The van der Waals surface area contributed by atoms with E-state index in [-0.39, 0.29) is 34.5 Å². The average Bonchev–Trinajstić information content (AvgIpc) is 2.95. The van der Waals surface area contributed by atoms with Gasteiger partial charge in [0.05, 0.1) is 16.4 Å². The minimum Gasteiger partial charge on any atom is -0.542 e. The number of hydrogen-bond acceptors (Lipinski definition) is 5. The van der Waals surface area contributed by atoms with Crippen molar-refractivity contribution < 1.29 is 51.7 Å². The van der Waals surface area contributed by atoms with Crippen LogP contribution in [0.3, 0.4) is 0 Å². The predicted molar refractivity (Wildman–Crippen MR) is 93.3 cm³/mol. The average molecular weight is 396 g/mol. The minimum atomic E-state index is -4.04. The van der Waals surface area contributed by atoms with Crippen LogP contribution in [0.15, 0.2) is 57.9 Å². The molecule has 0 aliphatic carbocycles. The fraction of sp³-hybridized carbons (Fsp3) is 0.111. The molecule has 2 aromatic carbocycles. The van der Waals surface area contributed by atoms with Gasteiger partial charge in [-0.25, -0.2) is 12.8 Å². The fourth-order valence-corrected chi connectivity index (χ4v) is 3.48. The van der Waals surface area contributed by atoms with Gasteiger partial charge >= 0.3 is 29.6 Å². The van der Waals surface area contributed by atoms with Gasteiger partial charge in [-0.1, -0.05) is 29.4 Å². The predicted octanol–water partition coefficient (Wildman–Crippen LogP) is 1.07. The van der Waals surface area contributed by atoms with Crippen molar-refractivity contribution in [3.63, 3.8) is 0 Å². The standard InChI is InChI=1S/C18H15FN2O4S.Na/c1-11-17(18(20-25-11)14-4-3-5-15(19)10-14)13-6-8-16(9-7-13)26(23,24)21-12(2)22;/h3-10H,1-2H3,(H,21,22);/q;+1/p-1. The Balaban J connectivity index is 0.00000261. The van der Waals surface area contributed by atoms with Gasteiger partial charge in [0.25, 0.3) is 0 Å². The zero-order chi connectivity index (χ0) is 18.9. The monoisotopic (exact) mass is 396 g/mol. The van der Waals surface area contributed by atoms with Crippen molar-refractivity contribution >= 4 is 15.9 Å². The molecule has 6 nitrogen and oxygen atoms in total. The van der Waals surface area contributed by atoms with E-state index >= 15 is 0 Å². The van der Waals surface area contributed by atoms with E-state index in [4.69, 9.17) is 4.52 Å². The molecule has 0 saturated heterocycles. The first kappa shape index (κ1) is 21.3. The van der Waals surface area contributed by atoms with Crippen molar-refractivity contribution in [1.82, 2.24) is 5.16 Å². The molecule has 0 N–H and O–H groups in total. The van der Waals surface area contributed by atoms with Crippen molar-refractivity contribution in [2.45, 2.75) is 18.7 Å². The maximum atomic E-state index is 13.5. The van der Waals surface area contributed by atoms with Crippen molar-refractivity contribution in [2.75, 3.05) is 0 Å². The first-order chi connectivity index (χ1) is 12.3. The third kappa shape index (κ3) is 4.65. The summed E-state index contributed by atoms with van der Waals surface area (Å²) < 4.78 is 45.8. The van der Waals surface area contributed by atoms with E-state index in [0.29, 0.717) is 28.1 Å². The molecule has 0 aliphatic heterocycles. The van der Waals surface area contributed by atoms with Gasteiger partial charge in [-0.05, 0) is 43.7 Å². The molecule has 0 spiro atoms. The van der Waals surface area contributed by atoms with Crippen LogP contribution < -0.4 is 29.6 Å². The molecule has 0 atom stereocenters. The smallest absolute Gasteiger partial charge is 0.542 e. The van der Waals surface area contributed by atoms with E-state index in [9.17, 15) is 17.6 Å². The van der Waals surface area contributed by atoms with Crippen molar-refractivity contribution in [1.29, 1.82) is 0 Å². The van der Waals surface area contributed by atoms with Crippen molar-refractivity contribution in [3.8, 4) is 22.4 Å². The minimum absolute atomic E-state index is 0. The molecule has 0 saturated carbocycles. The number of carbonyl (C=O) groups is 1. The van der Waals surface area contributed by atoms with Crippen LogP contribution >= 0.6 is 0 Å². The quantitative estimate of drug-likeness (QED) is 0.616. The van der Waals surface area contributed by atoms with E-state index < -0.39 is 21.7 Å². The van der Waals surface area contributed by atoms with Crippen LogP contribution in [0.2, 0.25) is 0 Å². The Morgan fingerprint density at radius 3 is 2.37 bits per heavy atom. The van der Waals surface area contributed by atoms with Gasteiger partial charge in [-0.15, -0.1) is 0 Å². The van der Waals surface area contributed by atoms with E-state index in [2.05, 4.69) is 9.88 Å². The van der Waals surface area contributed by atoms with Gasteiger partial charge in [0.2, 0.25) is 0 Å². The Kier molecular flexibility index (Phi) is 6.59. The molecule has 0 radical (unpaired) electrons. The Morgan fingerprint density at radius 1 is 1.11 bits per heavy atom. The molecule has 1 amide bonds. The summed E-state index contributed by atoms with van der Waals surface area (Å²) in [7, 11) is -4.04. The molecule has 3 aromatic rings. The second-order valence-electron chi connectivity index (χ2n) is 5.58. The fourth-order valence-electron chi connectivity index (χ4n) is 2.56. The Morgan fingerprint density at radius 2 is 1.78 bits per heavy atom. The van der Waals surface area contributed by atoms with Gasteiger partial charge in [-0.2, -0.15) is 0 Å². The summed E-state index contributed by atoms with van der Waals surface area (Å²) >= 11 is 0.